The summed E-state index contributed by atoms with van der Waals surface area (Å²) in [7, 11) is 0. The summed E-state index contributed by atoms with van der Waals surface area (Å²) in [6, 6.07) is 23.0. The number of benzene rings is 3. The predicted molar refractivity (Wildman–Crippen MR) is 99.2 cm³/mol. The van der Waals surface area contributed by atoms with E-state index in [9.17, 15) is 0 Å². The molecule has 5 aromatic rings. The summed E-state index contributed by atoms with van der Waals surface area (Å²) in [6.07, 6.45) is 1.90. The van der Waals surface area contributed by atoms with Crippen LogP contribution in [0.1, 0.15) is 5.56 Å². The van der Waals surface area contributed by atoms with Crippen LogP contribution in [0.5, 0.6) is 0 Å². The molecule has 0 saturated heterocycles. The van der Waals surface area contributed by atoms with E-state index in [0.717, 1.165) is 44.1 Å². The number of nitrogens with zero attached hydrogens (tertiary/aromatic N) is 1. The lowest BCUT2D eigenvalue weighted by molar-refractivity contribution is 0.673. The first-order chi connectivity index (χ1) is 11.8. The minimum absolute atomic E-state index is 0.903. The monoisotopic (exact) mass is 309 g/mol. The minimum atomic E-state index is 0.903. The average Bonchev–Trinajstić information content (AvgIpc) is 3.02. The molecule has 0 atom stereocenters. The van der Waals surface area contributed by atoms with E-state index in [2.05, 4.69) is 71.7 Å². The van der Waals surface area contributed by atoms with E-state index in [4.69, 9.17) is 4.42 Å². The molecule has 2 heteroatoms. The molecular weight excluding hydrogens is 294 g/mol. The van der Waals surface area contributed by atoms with Crippen molar-refractivity contribution in [3.05, 3.63) is 78.5 Å². The summed E-state index contributed by atoms with van der Waals surface area (Å²) in [6.45, 7) is 2.05. The van der Waals surface area contributed by atoms with Gasteiger partial charge in [0, 0.05) is 27.9 Å². The largest absolute Gasteiger partial charge is 0.455 e. The van der Waals surface area contributed by atoms with E-state index in [0.29, 0.717) is 0 Å². The van der Waals surface area contributed by atoms with E-state index in [1.165, 1.54) is 5.39 Å². The second kappa shape index (κ2) is 4.93. The zero-order valence-corrected chi connectivity index (χ0v) is 13.3. The normalized spacial score (nSPS) is 11.5. The first kappa shape index (κ1) is 13.3. The summed E-state index contributed by atoms with van der Waals surface area (Å²) >= 11 is 0. The van der Waals surface area contributed by atoms with Crippen LogP contribution in [-0.2, 0) is 0 Å². The van der Waals surface area contributed by atoms with Crippen LogP contribution >= 0.6 is 0 Å². The summed E-state index contributed by atoms with van der Waals surface area (Å²) < 4.78 is 6.34. The van der Waals surface area contributed by atoms with Gasteiger partial charge in [0.15, 0.2) is 0 Å². The Morgan fingerprint density at radius 2 is 1.54 bits per heavy atom. The Morgan fingerprint density at radius 3 is 2.42 bits per heavy atom. The quantitative estimate of drug-likeness (QED) is 0.373. The molecule has 0 fully saturated rings. The smallest absolute Gasteiger partial charge is 0.144 e. The SMILES string of the molecule is Cc1ccc(-c2cccc3c2oc2c4ccccc4ccc32)nc1. The molecule has 0 bridgehead atoms. The van der Waals surface area contributed by atoms with Crippen molar-refractivity contribution in [1.29, 1.82) is 0 Å². The van der Waals surface area contributed by atoms with Crippen LogP contribution in [0.2, 0.25) is 0 Å². The Bertz CT molecular complexity index is 1200. The van der Waals surface area contributed by atoms with E-state index in [-0.39, 0.29) is 0 Å². The Morgan fingerprint density at radius 1 is 0.708 bits per heavy atom. The van der Waals surface area contributed by atoms with Crippen LogP contribution in [0.15, 0.2) is 77.3 Å². The number of hydrogen-bond acceptors (Lipinski definition) is 2. The van der Waals surface area contributed by atoms with Gasteiger partial charge in [-0.3, -0.25) is 4.98 Å². The molecule has 0 aliphatic carbocycles. The number of furan rings is 1. The summed E-state index contributed by atoms with van der Waals surface area (Å²) in [4.78, 5) is 4.57. The zero-order chi connectivity index (χ0) is 16.1. The number of aryl methyl sites for hydroxylation is 1. The second-order valence-electron chi connectivity index (χ2n) is 6.17. The number of para-hydroxylation sites is 1. The van der Waals surface area contributed by atoms with Crippen LogP contribution in [0, 0.1) is 6.92 Å². The first-order valence-corrected chi connectivity index (χ1v) is 8.07. The lowest BCUT2D eigenvalue weighted by Gasteiger charge is -2.02. The van der Waals surface area contributed by atoms with Gasteiger partial charge in [-0.05, 0) is 36.1 Å². The first-order valence-electron chi connectivity index (χ1n) is 8.07. The van der Waals surface area contributed by atoms with Gasteiger partial charge < -0.3 is 4.42 Å². The second-order valence-corrected chi connectivity index (χ2v) is 6.17. The van der Waals surface area contributed by atoms with Crippen LogP contribution in [0.3, 0.4) is 0 Å². The van der Waals surface area contributed by atoms with E-state index in [1.807, 2.05) is 13.1 Å². The Hall–Kier alpha value is -3.13. The van der Waals surface area contributed by atoms with Crippen LogP contribution < -0.4 is 0 Å². The Kier molecular flexibility index (Phi) is 2.74. The van der Waals surface area contributed by atoms with Gasteiger partial charge in [-0.1, -0.05) is 48.5 Å². The molecule has 2 heterocycles. The molecule has 24 heavy (non-hydrogen) atoms. The van der Waals surface area contributed by atoms with Crippen molar-refractivity contribution in [3.8, 4) is 11.3 Å². The third-order valence-electron chi connectivity index (χ3n) is 4.58. The minimum Gasteiger partial charge on any atom is -0.455 e. The number of aromatic nitrogens is 1. The Labute approximate surface area is 139 Å². The molecule has 0 aliphatic heterocycles. The van der Waals surface area contributed by atoms with Crippen molar-refractivity contribution in [2.45, 2.75) is 6.92 Å². The van der Waals surface area contributed by atoms with Gasteiger partial charge in [-0.25, -0.2) is 0 Å². The van der Waals surface area contributed by atoms with Gasteiger partial charge in [0.1, 0.15) is 11.2 Å². The number of pyridine rings is 1. The molecular formula is C22H15NO. The third-order valence-corrected chi connectivity index (χ3v) is 4.58. The van der Waals surface area contributed by atoms with Gasteiger partial charge in [-0.15, -0.1) is 0 Å². The molecule has 0 N–H and O–H groups in total. The number of rotatable bonds is 1. The van der Waals surface area contributed by atoms with Gasteiger partial charge in [0.05, 0.1) is 5.69 Å². The fraction of sp³-hybridized carbons (Fsp3) is 0.0455. The van der Waals surface area contributed by atoms with E-state index in [1.54, 1.807) is 0 Å². The van der Waals surface area contributed by atoms with Crippen molar-refractivity contribution < 1.29 is 4.42 Å². The topological polar surface area (TPSA) is 26.0 Å². The highest BCUT2D eigenvalue weighted by molar-refractivity contribution is 6.17. The Balaban J connectivity index is 1.90. The van der Waals surface area contributed by atoms with Crippen LogP contribution in [0.4, 0.5) is 0 Å². The van der Waals surface area contributed by atoms with Gasteiger partial charge >= 0.3 is 0 Å². The molecule has 5 rings (SSSR count). The van der Waals surface area contributed by atoms with Crippen LogP contribution in [-0.4, -0.2) is 4.98 Å². The summed E-state index contributed by atoms with van der Waals surface area (Å²) in [5, 5.41) is 4.63. The molecule has 2 aromatic heterocycles. The van der Waals surface area contributed by atoms with Gasteiger partial charge in [0.25, 0.3) is 0 Å². The summed E-state index contributed by atoms with van der Waals surface area (Å²) in [5.74, 6) is 0. The van der Waals surface area contributed by atoms with Crippen molar-refractivity contribution in [1.82, 2.24) is 4.98 Å². The lowest BCUT2D eigenvalue weighted by atomic mass is 10.0. The molecule has 0 saturated carbocycles. The lowest BCUT2D eigenvalue weighted by Crippen LogP contribution is -1.84. The van der Waals surface area contributed by atoms with E-state index < -0.39 is 0 Å². The third kappa shape index (κ3) is 1.86. The molecule has 2 nitrogen and oxygen atoms in total. The molecule has 114 valence electrons. The highest BCUT2D eigenvalue weighted by atomic mass is 16.3. The fourth-order valence-electron chi connectivity index (χ4n) is 3.36. The number of hydrogen-bond donors (Lipinski definition) is 0. The highest BCUT2D eigenvalue weighted by Gasteiger charge is 2.14. The maximum Gasteiger partial charge on any atom is 0.144 e. The average molecular weight is 309 g/mol. The van der Waals surface area contributed by atoms with Gasteiger partial charge in [0.2, 0.25) is 0 Å². The van der Waals surface area contributed by atoms with Crippen LogP contribution in [0.25, 0.3) is 44.0 Å². The number of fused-ring (bicyclic) bond motifs is 5. The molecule has 0 spiro atoms. The zero-order valence-electron chi connectivity index (χ0n) is 13.3. The molecule has 0 amide bonds. The van der Waals surface area contributed by atoms with E-state index >= 15 is 0 Å². The van der Waals surface area contributed by atoms with Crippen molar-refractivity contribution in [3.63, 3.8) is 0 Å². The molecule has 0 unspecified atom stereocenters. The molecule has 3 aromatic carbocycles. The fourth-order valence-corrected chi connectivity index (χ4v) is 3.36. The van der Waals surface area contributed by atoms with Crippen molar-refractivity contribution >= 4 is 32.7 Å². The van der Waals surface area contributed by atoms with Crippen molar-refractivity contribution in [2.75, 3.05) is 0 Å². The predicted octanol–water partition coefficient (Wildman–Crippen LogP) is 6.11. The maximum absolute atomic E-state index is 6.34. The maximum atomic E-state index is 6.34. The molecule has 0 aliphatic rings. The summed E-state index contributed by atoms with van der Waals surface area (Å²) in [5.41, 5.74) is 4.98. The van der Waals surface area contributed by atoms with Crippen molar-refractivity contribution in [2.24, 2.45) is 0 Å². The highest BCUT2D eigenvalue weighted by Crippen LogP contribution is 2.38. The standard InChI is InChI=1S/C22H15NO/c1-14-9-12-20(23-13-14)19-8-4-7-17-18-11-10-15-5-2-3-6-16(15)21(18)24-22(17)19/h2-13H,1H3. The molecule has 0 radical (unpaired) electrons. The van der Waals surface area contributed by atoms with Gasteiger partial charge in [-0.2, -0.15) is 0 Å².